The van der Waals surface area contributed by atoms with E-state index in [1.807, 2.05) is 13.8 Å². The zero-order valence-corrected chi connectivity index (χ0v) is 15.9. The summed E-state index contributed by atoms with van der Waals surface area (Å²) in [5, 5.41) is 3.13. The van der Waals surface area contributed by atoms with Crippen molar-refractivity contribution in [2.75, 3.05) is 6.54 Å². The van der Waals surface area contributed by atoms with Crippen LogP contribution in [-0.4, -0.2) is 34.1 Å². The Hall–Kier alpha value is -2.22. The highest BCUT2D eigenvalue weighted by atomic mass is 32.1. The Labute approximate surface area is 150 Å². The molecule has 1 amide bonds. The quantitative estimate of drug-likeness (QED) is 0.792. The van der Waals surface area contributed by atoms with Gasteiger partial charge in [0.15, 0.2) is 0 Å². The molecule has 0 atom stereocenters. The largest absolute Gasteiger partial charge is 0.459 e. The Morgan fingerprint density at radius 3 is 2.60 bits per heavy atom. The number of ether oxygens (including phenoxy) is 1. The Kier molecular flexibility index (Phi) is 5.94. The van der Waals surface area contributed by atoms with Gasteiger partial charge in [0.05, 0.1) is 17.8 Å². The van der Waals surface area contributed by atoms with Crippen LogP contribution in [0.15, 0.2) is 11.1 Å². The van der Waals surface area contributed by atoms with Gasteiger partial charge in [-0.2, -0.15) is 0 Å². The van der Waals surface area contributed by atoms with Crippen LogP contribution in [0.5, 0.6) is 0 Å². The molecule has 0 spiro atoms. The Morgan fingerprint density at radius 1 is 1.32 bits per heavy atom. The SMILES string of the molecule is Cc1c(C(=O)OC(C)C)sc2ncn(CC(=O)NCC(C)C)c(=O)c12. The molecule has 1 N–H and O–H groups in total. The molecule has 7 nitrogen and oxygen atoms in total. The van der Waals surface area contributed by atoms with Crippen LogP contribution in [0.2, 0.25) is 0 Å². The summed E-state index contributed by atoms with van der Waals surface area (Å²) in [6.45, 7) is 9.66. The third kappa shape index (κ3) is 4.45. The third-order valence-electron chi connectivity index (χ3n) is 3.47. The highest BCUT2D eigenvalue weighted by Gasteiger charge is 2.21. The maximum absolute atomic E-state index is 12.7. The minimum Gasteiger partial charge on any atom is -0.459 e. The molecular weight excluding hydrogens is 342 g/mol. The van der Waals surface area contributed by atoms with E-state index < -0.39 is 5.97 Å². The molecule has 8 heteroatoms. The maximum atomic E-state index is 12.7. The number of hydrogen-bond acceptors (Lipinski definition) is 6. The van der Waals surface area contributed by atoms with Gasteiger partial charge in [0.2, 0.25) is 5.91 Å². The fourth-order valence-electron chi connectivity index (χ4n) is 2.26. The Bertz CT molecular complexity index is 851. The van der Waals surface area contributed by atoms with E-state index in [-0.39, 0.29) is 24.1 Å². The molecule has 2 aromatic heterocycles. The summed E-state index contributed by atoms with van der Waals surface area (Å²) >= 11 is 1.13. The Balaban J connectivity index is 2.33. The fraction of sp³-hybridized carbons (Fsp3) is 0.529. The molecule has 2 heterocycles. The van der Waals surface area contributed by atoms with Crippen molar-refractivity contribution in [3.8, 4) is 0 Å². The molecule has 0 aliphatic carbocycles. The molecule has 0 unspecified atom stereocenters. The minimum absolute atomic E-state index is 0.102. The van der Waals surface area contributed by atoms with E-state index in [2.05, 4.69) is 10.3 Å². The predicted molar refractivity (Wildman–Crippen MR) is 97.0 cm³/mol. The van der Waals surface area contributed by atoms with Crippen LogP contribution >= 0.6 is 11.3 Å². The van der Waals surface area contributed by atoms with Crippen molar-refractivity contribution in [2.24, 2.45) is 5.92 Å². The van der Waals surface area contributed by atoms with Gasteiger partial charge in [0, 0.05) is 6.54 Å². The summed E-state index contributed by atoms with van der Waals surface area (Å²) in [5.74, 6) is -0.379. The topological polar surface area (TPSA) is 90.3 Å². The van der Waals surface area contributed by atoms with Crippen LogP contribution < -0.4 is 10.9 Å². The fourth-order valence-corrected chi connectivity index (χ4v) is 3.28. The van der Waals surface area contributed by atoms with Crippen LogP contribution in [0.1, 0.15) is 42.9 Å². The average molecular weight is 365 g/mol. The molecule has 0 fully saturated rings. The highest BCUT2D eigenvalue weighted by Crippen LogP contribution is 2.27. The zero-order valence-electron chi connectivity index (χ0n) is 15.1. The summed E-state index contributed by atoms with van der Waals surface area (Å²) in [6.07, 6.45) is 1.10. The monoisotopic (exact) mass is 365 g/mol. The molecular formula is C17H23N3O4S. The summed E-state index contributed by atoms with van der Waals surface area (Å²) in [7, 11) is 0. The lowest BCUT2D eigenvalue weighted by atomic mass is 10.2. The Morgan fingerprint density at radius 2 is 2.00 bits per heavy atom. The lowest BCUT2D eigenvalue weighted by Gasteiger charge is -2.09. The van der Waals surface area contributed by atoms with Crippen LogP contribution in [0.4, 0.5) is 0 Å². The van der Waals surface area contributed by atoms with Gasteiger partial charge in [0.25, 0.3) is 5.56 Å². The number of rotatable bonds is 6. The second-order valence-corrected chi connectivity index (χ2v) is 7.57. The van der Waals surface area contributed by atoms with Crippen LogP contribution in [0.25, 0.3) is 10.2 Å². The lowest BCUT2D eigenvalue weighted by molar-refractivity contribution is -0.121. The van der Waals surface area contributed by atoms with Crippen molar-refractivity contribution in [1.29, 1.82) is 0 Å². The third-order valence-corrected chi connectivity index (χ3v) is 4.65. The summed E-state index contributed by atoms with van der Waals surface area (Å²) in [6, 6.07) is 0. The van der Waals surface area contributed by atoms with Crippen molar-refractivity contribution >= 4 is 33.4 Å². The number of carbonyl (C=O) groups is 2. The lowest BCUT2D eigenvalue weighted by Crippen LogP contribution is -2.34. The van der Waals surface area contributed by atoms with Crippen molar-refractivity contribution in [3.63, 3.8) is 0 Å². The molecule has 0 aromatic carbocycles. The maximum Gasteiger partial charge on any atom is 0.348 e. The highest BCUT2D eigenvalue weighted by molar-refractivity contribution is 7.20. The van der Waals surface area contributed by atoms with Gasteiger partial charge in [-0.1, -0.05) is 13.8 Å². The molecule has 0 aliphatic heterocycles. The first-order chi connectivity index (χ1) is 11.7. The number of thiophene rings is 1. The number of aryl methyl sites for hydroxylation is 1. The number of amides is 1. The number of carbonyl (C=O) groups excluding carboxylic acids is 2. The number of fused-ring (bicyclic) bond motifs is 1. The summed E-state index contributed by atoms with van der Waals surface area (Å²) < 4.78 is 6.47. The number of nitrogens with one attached hydrogen (secondary N) is 1. The molecule has 25 heavy (non-hydrogen) atoms. The number of aromatic nitrogens is 2. The van der Waals surface area contributed by atoms with Gasteiger partial charge in [-0.05, 0) is 32.3 Å². The zero-order chi connectivity index (χ0) is 18.7. The minimum atomic E-state index is -0.462. The number of hydrogen-bond donors (Lipinski definition) is 1. The van der Waals surface area contributed by atoms with Gasteiger partial charge in [0.1, 0.15) is 16.3 Å². The molecule has 0 aliphatic rings. The molecule has 0 radical (unpaired) electrons. The van der Waals surface area contributed by atoms with E-state index in [0.717, 1.165) is 11.3 Å². The first-order valence-electron chi connectivity index (χ1n) is 8.17. The normalized spacial score (nSPS) is 11.3. The molecule has 0 bridgehead atoms. The van der Waals surface area contributed by atoms with E-state index in [9.17, 15) is 14.4 Å². The van der Waals surface area contributed by atoms with Crippen LogP contribution in [-0.2, 0) is 16.1 Å². The van der Waals surface area contributed by atoms with Crippen molar-refractivity contribution in [1.82, 2.24) is 14.9 Å². The molecule has 0 saturated carbocycles. The van der Waals surface area contributed by atoms with E-state index >= 15 is 0 Å². The summed E-state index contributed by atoms with van der Waals surface area (Å²) in [5.41, 5.74) is 0.210. The molecule has 136 valence electrons. The molecule has 0 saturated heterocycles. The van der Waals surface area contributed by atoms with Gasteiger partial charge in [-0.25, -0.2) is 9.78 Å². The smallest absolute Gasteiger partial charge is 0.348 e. The first-order valence-corrected chi connectivity index (χ1v) is 8.98. The van der Waals surface area contributed by atoms with Gasteiger partial charge in [-0.15, -0.1) is 11.3 Å². The molecule has 2 aromatic rings. The average Bonchev–Trinajstić information content (AvgIpc) is 2.85. The van der Waals surface area contributed by atoms with E-state index in [0.29, 0.717) is 33.1 Å². The predicted octanol–water partition coefficient (Wildman–Crippen LogP) is 2.10. The van der Waals surface area contributed by atoms with Gasteiger partial charge < -0.3 is 10.1 Å². The van der Waals surface area contributed by atoms with E-state index in [4.69, 9.17) is 4.74 Å². The standard InChI is InChI=1S/C17H23N3O4S/c1-9(2)6-18-12(21)7-20-8-19-15-13(16(20)22)11(5)14(25-15)17(23)24-10(3)4/h8-10H,6-7H2,1-5H3,(H,18,21). The second kappa shape index (κ2) is 7.77. The van der Waals surface area contributed by atoms with E-state index in [1.165, 1.54) is 10.9 Å². The molecule has 2 rings (SSSR count). The van der Waals surface area contributed by atoms with Gasteiger partial charge in [-0.3, -0.25) is 14.2 Å². The summed E-state index contributed by atoms with van der Waals surface area (Å²) in [4.78, 5) is 41.9. The number of nitrogens with zero attached hydrogens (tertiary/aromatic N) is 2. The number of esters is 1. The van der Waals surface area contributed by atoms with Crippen molar-refractivity contribution < 1.29 is 14.3 Å². The van der Waals surface area contributed by atoms with Crippen molar-refractivity contribution in [2.45, 2.75) is 47.3 Å². The van der Waals surface area contributed by atoms with Gasteiger partial charge >= 0.3 is 5.97 Å². The van der Waals surface area contributed by atoms with Crippen LogP contribution in [0.3, 0.4) is 0 Å². The van der Waals surface area contributed by atoms with Crippen molar-refractivity contribution in [3.05, 3.63) is 27.1 Å². The van der Waals surface area contributed by atoms with Crippen LogP contribution in [0, 0.1) is 12.8 Å². The van der Waals surface area contributed by atoms with E-state index in [1.54, 1.807) is 20.8 Å². The second-order valence-electron chi connectivity index (χ2n) is 6.57. The first kappa shape index (κ1) is 19.1.